The fourth-order valence-corrected chi connectivity index (χ4v) is 3.64. The number of hydrogen-bond donors (Lipinski definition) is 1. The Morgan fingerprint density at radius 1 is 1.22 bits per heavy atom. The second-order valence-electron chi connectivity index (χ2n) is 6.82. The Bertz CT molecular complexity index is 998. The molecule has 1 aromatic heterocycles. The smallest absolute Gasteiger partial charge is 0.255 e. The average Bonchev–Trinajstić information content (AvgIpc) is 3.21. The fourth-order valence-electron chi connectivity index (χ4n) is 3.64. The van der Waals surface area contributed by atoms with Gasteiger partial charge in [0.15, 0.2) is 11.6 Å². The maximum absolute atomic E-state index is 13.6. The number of hydrogen-bond acceptors (Lipinski definition) is 2. The van der Waals surface area contributed by atoms with E-state index in [1.165, 1.54) is 12.1 Å². The van der Waals surface area contributed by atoms with Crippen molar-refractivity contribution < 1.29 is 13.6 Å². The molecule has 138 valence electrons. The van der Waals surface area contributed by atoms with Crippen molar-refractivity contribution in [3.05, 3.63) is 88.2 Å². The first-order valence-corrected chi connectivity index (χ1v) is 8.86. The van der Waals surface area contributed by atoms with E-state index in [-0.39, 0.29) is 11.9 Å². The first kappa shape index (κ1) is 17.4. The topological polar surface area (TPSA) is 46.9 Å². The number of nitrogens with one attached hydrogen (secondary N) is 1. The molecular formula is C21H19F2N3O. The van der Waals surface area contributed by atoms with Gasteiger partial charge in [-0.1, -0.05) is 30.3 Å². The molecule has 0 saturated carbocycles. The molecule has 0 radical (unpaired) electrons. The summed E-state index contributed by atoms with van der Waals surface area (Å²) >= 11 is 0. The Kier molecular flexibility index (Phi) is 4.48. The monoisotopic (exact) mass is 367 g/mol. The van der Waals surface area contributed by atoms with Gasteiger partial charge in [-0.25, -0.2) is 8.78 Å². The summed E-state index contributed by atoms with van der Waals surface area (Å²) in [5, 5.41) is 7.18. The molecule has 1 amide bonds. The third-order valence-electron chi connectivity index (χ3n) is 5.09. The van der Waals surface area contributed by atoms with Crippen LogP contribution in [0.25, 0.3) is 0 Å². The molecular weight excluding hydrogens is 348 g/mol. The quantitative estimate of drug-likeness (QED) is 0.764. The molecule has 6 heteroatoms. The summed E-state index contributed by atoms with van der Waals surface area (Å²) in [5.74, 6) is -1.99. The normalized spacial score (nSPS) is 15.6. The number of amides is 1. The third kappa shape index (κ3) is 3.35. The van der Waals surface area contributed by atoms with Crippen molar-refractivity contribution in [2.75, 3.05) is 0 Å². The molecule has 0 fully saturated rings. The summed E-state index contributed by atoms with van der Waals surface area (Å²) in [4.78, 5) is 12.9. The Labute approximate surface area is 155 Å². The molecule has 1 N–H and O–H groups in total. The zero-order valence-corrected chi connectivity index (χ0v) is 14.9. The van der Waals surface area contributed by atoms with Crippen LogP contribution in [0.2, 0.25) is 0 Å². The molecule has 2 aromatic carbocycles. The highest BCUT2D eigenvalue weighted by Crippen LogP contribution is 2.33. The van der Waals surface area contributed by atoms with Crippen LogP contribution in [-0.4, -0.2) is 15.7 Å². The van der Waals surface area contributed by atoms with Gasteiger partial charge in [-0.3, -0.25) is 9.48 Å². The molecule has 1 atom stereocenters. The van der Waals surface area contributed by atoms with E-state index in [1.807, 2.05) is 30.3 Å². The van der Waals surface area contributed by atoms with E-state index in [0.717, 1.165) is 16.8 Å². The maximum Gasteiger partial charge on any atom is 0.255 e. The fraction of sp³-hybridized carbons (Fsp3) is 0.238. The molecule has 1 heterocycles. The molecule has 0 aliphatic heterocycles. The van der Waals surface area contributed by atoms with Crippen molar-refractivity contribution in [3.63, 3.8) is 0 Å². The average molecular weight is 367 g/mol. The number of nitrogens with zero attached hydrogens (tertiary/aromatic N) is 2. The molecule has 1 aliphatic carbocycles. The molecule has 1 unspecified atom stereocenters. The zero-order chi connectivity index (χ0) is 19.0. The van der Waals surface area contributed by atoms with Crippen molar-refractivity contribution in [2.24, 2.45) is 7.05 Å². The van der Waals surface area contributed by atoms with Crippen LogP contribution in [0.1, 0.15) is 45.2 Å². The Balaban J connectivity index is 1.56. The highest BCUT2D eigenvalue weighted by molar-refractivity contribution is 5.95. The second kappa shape index (κ2) is 6.95. The lowest BCUT2D eigenvalue weighted by atomic mass is 10.0. The van der Waals surface area contributed by atoms with Gasteiger partial charge >= 0.3 is 0 Å². The molecule has 27 heavy (non-hydrogen) atoms. The Morgan fingerprint density at radius 3 is 2.74 bits per heavy atom. The largest absolute Gasteiger partial charge is 0.345 e. The van der Waals surface area contributed by atoms with Crippen molar-refractivity contribution in [2.45, 2.75) is 25.3 Å². The number of aryl methyl sites for hydroxylation is 2. The summed E-state index contributed by atoms with van der Waals surface area (Å²) in [6, 6.07) is 11.9. The minimum atomic E-state index is -0.888. The van der Waals surface area contributed by atoms with Crippen molar-refractivity contribution in [3.8, 4) is 0 Å². The summed E-state index contributed by atoms with van der Waals surface area (Å²) in [6.07, 6.45) is 3.37. The Morgan fingerprint density at radius 2 is 1.96 bits per heavy atom. The first-order valence-electron chi connectivity index (χ1n) is 8.86. The number of halogens is 2. The van der Waals surface area contributed by atoms with Crippen LogP contribution in [0.3, 0.4) is 0 Å². The molecule has 3 aromatic rings. The lowest BCUT2D eigenvalue weighted by Crippen LogP contribution is -2.28. The molecule has 0 saturated heterocycles. The van der Waals surface area contributed by atoms with Crippen molar-refractivity contribution in [1.82, 2.24) is 15.1 Å². The first-order chi connectivity index (χ1) is 13.0. The summed E-state index contributed by atoms with van der Waals surface area (Å²) < 4.78 is 28.7. The number of aromatic nitrogens is 2. The van der Waals surface area contributed by atoms with Crippen LogP contribution in [0, 0.1) is 11.6 Å². The van der Waals surface area contributed by atoms with Crippen LogP contribution in [0.15, 0.2) is 48.7 Å². The van der Waals surface area contributed by atoms with Crippen LogP contribution in [0.4, 0.5) is 8.78 Å². The molecule has 4 rings (SSSR count). The number of benzene rings is 2. The molecule has 4 nitrogen and oxygen atoms in total. The van der Waals surface area contributed by atoms with E-state index < -0.39 is 11.6 Å². The van der Waals surface area contributed by atoms with Gasteiger partial charge in [0.2, 0.25) is 0 Å². The molecule has 1 aliphatic rings. The standard InChI is InChI=1S/C21H19F2N3O/c1-26-20(9-13-5-3-2-4-6-13)16(12-24-26)21(27)25-19-8-7-14-10-17(22)18(23)11-15(14)19/h2-6,10-12,19H,7-9H2,1H3,(H,25,27). The number of fused-ring (bicyclic) bond motifs is 1. The van der Waals surface area contributed by atoms with E-state index in [4.69, 9.17) is 0 Å². The SMILES string of the molecule is Cn1ncc(C(=O)NC2CCc3cc(F)c(F)cc32)c1Cc1ccccc1. The van der Waals surface area contributed by atoms with Gasteiger partial charge in [0, 0.05) is 13.5 Å². The van der Waals surface area contributed by atoms with Crippen LogP contribution in [-0.2, 0) is 19.9 Å². The van der Waals surface area contributed by atoms with E-state index in [0.29, 0.717) is 30.4 Å². The summed E-state index contributed by atoms with van der Waals surface area (Å²) in [5.41, 5.74) is 3.78. The van der Waals surface area contributed by atoms with E-state index >= 15 is 0 Å². The molecule has 0 bridgehead atoms. The highest BCUT2D eigenvalue weighted by Gasteiger charge is 2.27. The van der Waals surface area contributed by atoms with Crippen LogP contribution in [0.5, 0.6) is 0 Å². The lowest BCUT2D eigenvalue weighted by Gasteiger charge is -2.15. The maximum atomic E-state index is 13.6. The van der Waals surface area contributed by atoms with Crippen LogP contribution < -0.4 is 5.32 Å². The minimum Gasteiger partial charge on any atom is -0.345 e. The van der Waals surface area contributed by atoms with Gasteiger partial charge in [0.25, 0.3) is 5.91 Å². The van der Waals surface area contributed by atoms with Gasteiger partial charge < -0.3 is 5.32 Å². The van der Waals surface area contributed by atoms with Crippen molar-refractivity contribution in [1.29, 1.82) is 0 Å². The predicted octanol–water partition coefficient (Wildman–Crippen LogP) is 3.71. The van der Waals surface area contributed by atoms with Gasteiger partial charge in [-0.05, 0) is 41.7 Å². The predicted molar refractivity (Wildman–Crippen MR) is 97.3 cm³/mol. The second-order valence-corrected chi connectivity index (χ2v) is 6.82. The third-order valence-corrected chi connectivity index (χ3v) is 5.09. The van der Waals surface area contributed by atoms with Crippen molar-refractivity contribution >= 4 is 5.91 Å². The lowest BCUT2D eigenvalue weighted by molar-refractivity contribution is 0.0935. The summed E-state index contributed by atoms with van der Waals surface area (Å²) in [7, 11) is 1.80. The number of carbonyl (C=O) groups excluding carboxylic acids is 1. The van der Waals surface area contributed by atoms with Crippen LogP contribution >= 0.6 is 0 Å². The van der Waals surface area contributed by atoms with E-state index in [1.54, 1.807) is 17.9 Å². The highest BCUT2D eigenvalue weighted by atomic mass is 19.2. The zero-order valence-electron chi connectivity index (χ0n) is 14.9. The Hall–Kier alpha value is -3.02. The van der Waals surface area contributed by atoms with E-state index in [9.17, 15) is 13.6 Å². The summed E-state index contributed by atoms with van der Waals surface area (Å²) in [6.45, 7) is 0. The van der Waals surface area contributed by atoms with Gasteiger partial charge in [-0.15, -0.1) is 0 Å². The molecule has 0 spiro atoms. The van der Waals surface area contributed by atoms with Gasteiger partial charge in [0.1, 0.15) is 0 Å². The number of carbonyl (C=O) groups is 1. The van der Waals surface area contributed by atoms with E-state index in [2.05, 4.69) is 10.4 Å². The number of rotatable bonds is 4. The van der Waals surface area contributed by atoms with Gasteiger partial charge in [0.05, 0.1) is 23.5 Å². The van der Waals surface area contributed by atoms with Gasteiger partial charge in [-0.2, -0.15) is 5.10 Å². The minimum absolute atomic E-state index is 0.253.